The van der Waals surface area contributed by atoms with Crippen molar-refractivity contribution < 1.29 is 4.79 Å². The van der Waals surface area contributed by atoms with E-state index in [-0.39, 0.29) is 5.91 Å². The second-order valence-corrected chi connectivity index (χ2v) is 4.43. The molecule has 0 atom stereocenters. The average Bonchev–Trinajstić information content (AvgIpc) is 2.63. The van der Waals surface area contributed by atoms with Crippen LogP contribution in [0.25, 0.3) is 0 Å². The molecule has 1 heterocycles. The van der Waals surface area contributed by atoms with Gasteiger partial charge in [-0.3, -0.25) is 4.79 Å². The molecule has 76 valence electrons. The topological polar surface area (TPSA) is 53.8 Å². The quantitative estimate of drug-likeness (QED) is 0.669. The molecule has 0 aromatic heterocycles. The minimum absolute atomic E-state index is 0.0256. The number of nitrogens with zero attached hydrogens (tertiary/aromatic N) is 2. The molecule has 0 spiro atoms. The van der Waals surface area contributed by atoms with Gasteiger partial charge >= 0.3 is 0 Å². The third-order valence-corrected chi connectivity index (χ3v) is 3.16. The molecular weight excluding hydrogens is 198 g/mol. The predicted octanol–water partition coefficient (Wildman–Crippen LogP) is 1.53. The fraction of sp³-hybridized carbons (Fsp3) is 0.667. The highest BCUT2D eigenvalue weighted by Gasteiger charge is 2.16. The summed E-state index contributed by atoms with van der Waals surface area (Å²) in [6.45, 7) is 0. The molecule has 1 saturated heterocycles. The number of hydrogen-bond acceptors (Lipinski definition) is 4. The summed E-state index contributed by atoms with van der Waals surface area (Å²) >= 11 is 1.42. The summed E-state index contributed by atoms with van der Waals surface area (Å²) in [5, 5.41) is 11.5. The van der Waals surface area contributed by atoms with E-state index in [0.717, 1.165) is 12.8 Å². The van der Waals surface area contributed by atoms with Crippen LogP contribution in [0.3, 0.4) is 0 Å². The molecule has 2 fully saturated rings. The summed E-state index contributed by atoms with van der Waals surface area (Å²) in [4.78, 5) is 10.8. The van der Waals surface area contributed by atoms with Gasteiger partial charge in [-0.25, -0.2) is 0 Å². The molecular formula is C9H13N3OS. The molecule has 0 radical (unpaired) electrons. The van der Waals surface area contributed by atoms with E-state index in [4.69, 9.17) is 0 Å². The lowest BCUT2D eigenvalue weighted by Crippen LogP contribution is -2.20. The lowest BCUT2D eigenvalue weighted by molar-refractivity contribution is -0.116. The summed E-state index contributed by atoms with van der Waals surface area (Å²) in [7, 11) is 0. The van der Waals surface area contributed by atoms with Gasteiger partial charge in [-0.05, 0) is 25.7 Å². The first-order valence-electron chi connectivity index (χ1n) is 4.90. The monoisotopic (exact) mass is 211 g/mol. The van der Waals surface area contributed by atoms with Crippen LogP contribution in [-0.2, 0) is 4.79 Å². The van der Waals surface area contributed by atoms with Crippen LogP contribution in [-0.4, -0.2) is 22.5 Å². The average molecular weight is 211 g/mol. The summed E-state index contributed by atoms with van der Waals surface area (Å²) in [5.41, 5.74) is 1.17. The Labute approximate surface area is 87.2 Å². The lowest BCUT2D eigenvalue weighted by atomic mass is 9.99. The highest BCUT2D eigenvalue weighted by Crippen LogP contribution is 2.15. The van der Waals surface area contributed by atoms with Gasteiger partial charge in [0.2, 0.25) is 5.91 Å². The van der Waals surface area contributed by atoms with Crippen molar-refractivity contribution in [3.63, 3.8) is 0 Å². The van der Waals surface area contributed by atoms with Gasteiger partial charge in [0.25, 0.3) is 0 Å². The molecule has 0 bridgehead atoms. The molecule has 5 heteroatoms. The van der Waals surface area contributed by atoms with Crippen LogP contribution in [0.15, 0.2) is 10.2 Å². The van der Waals surface area contributed by atoms with Crippen LogP contribution in [0, 0.1) is 0 Å². The number of amides is 1. The Morgan fingerprint density at radius 2 is 1.93 bits per heavy atom. The molecule has 1 saturated carbocycles. The van der Waals surface area contributed by atoms with Crippen molar-refractivity contribution in [3.8, 4) is 0 Å². The normalized spacial score (nSPS) is 25.3. The van der Waals surface area contributed by atoms with Gasteiger partial charge in [-0.15, -0.1) is 5.10 Å². The van der Waals surface area contributed by atoms with E-state index in [1.807, 2.05) is 0 Å². The number of amidine groups is 1. The Balaban J connectivity index is 1.93. The molecule has 1 aliphatic carbocycles. The van der Waals surface area contributed by atoms with Gasteiger partial charge in [-0.2, -0.15) is 5.10 Å². The van der Waals surface area contributed by atoms with E-state index in [0.29, 0.717) is 10.9 Å². The molecule has 0 unspecified atom stereocenters. The second kappa shape index (κ2) is 4.59. The maximum atomic E-state index is 10.8. The van der Waals surface area contributed by atoms with Crippen molar-refractivity contribution in [2.45, 2.75) is 32.1 Å². The van der Waals surface area contributed by atoms with Gasteiger partial charge in [0.05, 0.1) is 5.75 Å². The zero-order chi connectivity index (χ0) is 9.80. The second-order valence-electron chi connectivity index (χ2n) is 3.47. The smallest absolute Gasteiger partial charge is 0.236 e. The molecule has 0 aromatic carbocycles. The van der Waals surface area contributed by atoms with Gasteiger partial charge in [-0.1, -0.05) is 18.2 Å². The zero-order valence-corrected chi connectivity index (χ0v) is 8.77. The van der Waals surface area contributed by atoms with E-state index in [1.54, 1.807) is 0 Å². The number of hydrogen-bond donors (Lipinski definition) is 1. The Morgan fingerprint density at radius 1 is 1.14 bits per heavy atom. The molecule has 1 aliphatic heterocycles. The fourth-order valence-electron chi connectivity index (χ4n) is 1.56. The Bertz CT molecular complexity index is 290. The van der Waals surface area contributed by atoms with E-state index in [2.05, 4.69) is 15.5 Å². The molecule has 1 amide bonds. The SMILES string of the molecule is O=C1CS/C(=N/N=C2CCCCC2)N1. The summed E-state index contributed by atoms with van der Waals surface area (Å²) in [6, 6.07) is 0. The largest absolute Gasteiger partial charge is 0.303 e. The number of thioether (sulfide) groups is 1. The van der Waals surface area contributed by atoms with E-state index < -0.39 is 0 Å². The predicted molar refractivity (Wildman–Crippen MR) is 58.6 cm³/mol. The van der Waals surface area contributed by atoms with E-state index >= 15 is 0 Å². The van der Waals surface area contributed by atoms with Gasteiger partial charge in [0.1, 0.15) is 0 Å². The Morgan fingerprint density at radius 3 is 2.57 bits per heavy atom. The zero-order valence-electron chi connectivity index (χ0n) is 7.95. The van der Waals surface area contributed by atoms with Crippen molar-refractivity contribution in [1.29, 1.82) is 0 Å². The third kappa shape index (κ3) is 2.57. The fourth-order valence-corrected chi connectivity index (χ4v) is 2.18. The first-order chi connectivity index (χ1) is 6.84. The molecule has 2 rings (SSSR count). The number of nitrogens with one attached hydrogen (secondary N) is 1. The summed E-state index contributed by atoms with van der Waals surface area (Å²) in [5.74, 6) is 0.501. The maximum Gasteiger partial charge on any atom is 0.236 e. The Kier molecular flexibility index (Phi) is 3.18. The number of carbonyl (C=O) groups excluding carboxylic acids is 1. The van der Waals surface area contributed by atoms with Gasteiger partial charge < -0.3 is 5.32 Å². The minimum Gasteiger partial charge on any atom is -0.303 e. The van der Waals surface area contributed by atoms with Crippen molar-refractivity contribution >= 4 is 28.5 Å². The van der Waals surface area contributed by atoms with Gasteiger partial charge in [0.15, 0.2) is 5.17 Å². The van der Waals surface area contributed by atoms with Crippen molar-refractivity contribution in [3.05, 3.63) is 0 Å². The van der Waals surface area contributed by atoms with Gasteiger partial charge in [0, 0.05) is 5.71 Å². The molecule has 4 nitrogen and oxygen atoms in total. The van der Waals surface area contributed by atoms with E-state index in [9.17, 15) is 4.79 Å². The molecule has 0 aromatic rings. The van der Waals surface area contributed by atoms with Crippen LogP contribution in [0.1, 0.15) is 32.1 Å². The standard InChI is InChI=1S/C9H13N3OS/c13-8-6-14-9(10-8)12-11-7-4-2-1-3-5-7/h1-6H2,(H,10,12,13). The van der Waals surface area contributed by atoms with Crippen molar-refractivity contribution in [2.75, 3.05) is 5.75 Å². The highest BCUT2D eigenvalue weighted by atomic mass is 32.2. The first kappa shape index (κ1) is 9.71. The summed E-state index contributed by atoms with van der Waals surface area (Å²) in [6.07, 6.45) is 5.89. The lowest BCUT2D eigenvalue weighted by Gasteiger charge is -2.10. The number of rotatable bonds is 1. The molecule has 14 heavy (non-hydrogen) atoms. The maximum absolute atomic E-state index is 10.8. The third-order valence-electron chi connectivity index (χ3n) is 2.30. The highest BCUT2D eigenvalue weighted by molar-refractivity contribution is 8.15. The van der Waals surface area contributed by atoms with Crippen LogP contribution in [0.5, 0.6) is 0 Å². The molecule has 2 aliphatic rings. The minimum atomic E-state index is 0.0256. The van der Waals surface area contributed by atoms with Crippen molar-refractivity contribution in [2.24, 2.45) is 10.2 Å². The number of carbonyl (C=O) groups is 1. The van der Waals surface area contributed by atoms with Crippen LogP contribution in [0.2, 0.25) is 0 Å². The van der Waals surface area contributed by atoms with E-state index in [1.165, 1.54) is 36.7 Å². The first-order valence-corrected chi connectivity index (χ1v) is 5.89. The van der Waals surface area contributed by atoms with Crippen LogP contribution in [0.4, 0.5) is 0 Å². The van der Waals surface area contributed by atoms with Crippen molar-refractivity contribution in [1.82, 2.24) is 5.32 Å². The Hall–Kier alpha value is -0.840. The molecule has 1 N–H and O–H groups in total. The van der Waals surface area contributed by atoms with Crippen LogP contribution < -0.4 is 5.32 Å². The van der Waals surface area contributed by atoms with Crippen LogP contribution >= 0.6 is 11.8 Å². The summed E-state index contributed by atoms with van der Waals surface area (Å²) < 4.78 is 0.